The van der Waals surface area contributed by atoms with Crippen LogP contribution in [0.3, 0.4) is 0 Å². The molecule has 0 saturated carbocycles. The topological polar surface area (TPSA) is 20.2 Å². The zero-order chi connectivity index (χ0) is 8.48. The molecule has 0 spiro atoms. The van der Waals surface area contributed by atoms with Crippen molar-refractivity contribution in [1.29, 1.82) is 0 Å². The Kier molecular flexibility index (Phi) is 5.03. The molecule has 0 aromatic heterocycles. The summed E-state index contributed by atoms with van der Waals surface area (Å²) in [6, 6.07) is 8.14. The Morgan fingerprint density at radius 2 is 1.92 bits per heavy atom. The second kappa shape index (κ2) is 4.77. The molecule has 0 aliphatic rings. The second-order valence-electron chi connectivity index (χ2n) is 3.69. The van der Waals surface area contributed by atoms with Crippen LogP contribution in [0.2, 0.25) is 0 Å². The van der Waals surface area contributed by atoms with Crippen molar-refractivity contribution < 1.29 is 56.5 Å². The molecule has 1 nitrogen and oxygen atoms in total. The Balaban J connectivity index is 0.00000121. The fraction of sp³-hybridized carbons (Fsp3) is 0.400. The van der Waals surface area contributed by atoms with Gasteiger partial charge in [-0.3, -0.25) is 0 Å². The van der Waals surface area contributed by atoms with Gasteiger partial charge < -0.3 is 5.11 Å². The van der Waals surface area contributed by atoms with E-state index in [9.17, 15) is 5.11 Å². The summed E-state index contributed by atoms with van der Waals surface area (Å²) in [5, 5.41) is 9.41. The van der Waals surface area contributed by atoms with Gasteiger partial charge in [-0.25, -0.2) is 0 Å². The minimum atomic E-state index is 0. The first-order valence-electron chi connectivity index (χ1n) is 3.71. The number of phenols is 1. The van der Waals surface area contributed by atoms with E-state index in [0.717, 1.165) is 5.56 Å². The number of aromatic hydroxyl groups is 1. The molecular weight excluding hydrogens is 175 g/mol. The van der Waals surface area contributed by atoms with Crippen LogP contribution in [0.5, 0.6) is 5.75 Å². The van der Waals surface area contributed by atoms with Crippen LogP contribution in [0.25, 0.3) is 0 Å². The Morgan fingerprint density at radius 3 is 2.25 bits per heavy atom. The molecule has 12 heavy (non-hydrogen) atoms. The van der Waals surface area contributed by atoms with Gasteiger partial charge in [0.15, 0.2) is 0 Å². The molecule has 1 rings (SSSR count). The Labute approximate surface area is 117 Å². The first-order valence-corrected chi connectivity index (χ1v) is 3.71. The van der Waals surface area contributed by atoms with E-state index in [2.05, 4.69) is 26.8 Å². The minimum absolute atomic E-state index is 0. The largest absolute Gasteiger partial charge is 1.00 e. The number of benzene rings is 1. The van der Waals surface area contributed by atoms with E-state index in [1.165, 1.54) is 0 Å². The van der Waals surface area contributed by atoms with E-state index in [4.69, 9.17) is 0 Å². The van der Waals surface area contributed by atoms with Crippen molar-refractivity contribution in [3.63, 3.8) is 0 Å². The maximum absolute atomic E-state index is 9.41. The molecular formula is C10H13KO. The monoisotopic (exact) mass is 188 g/mol. The van der Waals surface area contributed by atoms with E-state index in [1.54, 1.807) is 6.07 Å². The summed E-state index contributed by atoms with van der Waals surface area (Å²) < 4.78 is 0. The molecule has 0 amide bonds. The summed E-state index contributed by atoms with van der Waals surface area (Å²) in [4.78, 5) is 0. The average Bonchev–Trinajstić information content (AvgIpc) is 1.86. The minimum Gasteiger partial charge on any atom is -0.565 e. The third kappa shape index (κ3) is 3.19. The van der Waals surface area contributed by atoms with Crippen molar-refractivity contribution in [3.05, 3.63) is 29.8 Å². The summed E-state index contributed by atoms with van der Waals surface area (Å²) in [6.45, 7) is 6.21. The summed E-state index contributed by atoms with van der Waals surface area (Å²) >= 11 is 0. The van der Waals surface area contributed by atoms with Crippen molar-refractivity contribution in [2.45, 2.75) is 26.2 Å². The standard InChI is InChI=1S/C10H13O.K/c1-10(2,3)8-6-4-5-7-9(8)11;/h4,6-7,11H,1-3H3;/q-1;+1. The summed E-state index contributed by atoms with van der Waals surface area (Å²) in [5.74, 6) is 0.333. The van der Waals surface area contributed by atoms with Gasteiger partial charge in [-0.2, -0.15) is 18.2 Å². The van der Waals surface area contributed by atoms with Crippen molar-refractivity contribution in [2.24, 2.45) is 0 Å². The van der Waals surface area contributed by atoms with Crippen LogP contribution >= 0.6 is 0 Å². The number of phenolic OH excluding ortho intramolecular Hbond substituents is 1. The third-order valence-electron chi connectivity index (χ3n) is 1.65. The molecule has 0 bridgehead atoms. The number of hydrogen-bond acceptors (Lipinski definition) is 1. The average molecular weight is 188 g/mol. The van der Waals surface area contributed by atoms with E-state index in [-0.39, 0.29) is 56.8 Å². The van der Waals surface area contributed by atoms with Gasteiger partial charge in [0.1, 0.15) is 0 Å². The van der Waals surface area contributed by atoms with Crippen molar-refractivity contribution in [3.8, 4) is 5.75 Å². The van der Waals surface area contributed by atoms with Gasteiger partial charge in [-0.05, 0) is 5.41 Å². The molecule has 0 atom stereocenters. The maximum Gasteiger partial charge on any atom is 1.00 e. The van der Waals surface area contributed by atoms with Crippen LogP contribution in [-0.2, 0) is 5.41 Å². The normalized spacial score (nSPS) is 10.6. The molecule has 1 N–H and O–H groups in total. The van der Waals surface area contributed by atoms with E-state index in [1.807, 2.05) is 12.1 Å². The van der Waals surface area contributed by atoms with E-state index in [0.29, 0.717) is 5.75 Å². The predicted molar refractivity (Wildman–Crippen MR) is 45.6 cm³/mol. The van der Waals surface area contributed by atoms with Crippen LogP contribution in [-0.4, -0.2) is 5.11 Å². The zero-order valence-corrected chi connectivity index (χ0v) is 11.3. The quantitative estimate of drug-likeness (QED) is 0.430. The van der Waals surface area contributed by atoms with Crippen molar-refractivity contribution >= 4 is 0 Å². The second-order valence-corrected chi connectivity index (χ2v) is 3.69. The molecule has 1 aromatic rings. The Bertz CT molecular complexity index is 250. The van der Waals surface area contributed by atoms with Crippen LogP contribution in [0.15, 0.2) is 18.2 Å². The molecule has 0 heterocycles. The van der Waals surface area contributed by atoms with Crippen LogP contribution < -0.4 is 51.4 Å². The van der Waals surface area contributed by atoms with Gasteiger partial charge >= 0.3 is 51.4 Å². The Hall–Kier alpha value is 0.656. The van der Waals surface area contributed by atoms with Gasteiger partial charge in [-0.15, -0.1) is 11.6 Å². The van der Waals surface area contributed by atoms with Gasteiger partial charge in [0.25, 0.3) is 0 Å². The molecule has 60 valence electrons. The molecule has 1 aromatic carbocycles. The SMILES string of the molecule is CC(C)(C)c1cc[c-]cc1O.[K+]. The van der Waals surface area contributed by atoms with E-state index >= 15 is 0 Å². The summed E-state index contributed by atoms with van der Waals surface area (Å²) in [7, 11) is 0. The molecule has 0 unspecified atom stereocenters. The molecule has 0 saturated heterocycles. The summed E-state index contributed by atoms with van der Waals surface area (Å²) in [6.07, 6.45) is 0. The summed E-state index contributed by atoms with van der Waals surface area (Å²) in [5.41, 5.74) is 0.982. The smallest absolute Gasteiger partial charge is 0.565 e. The van der Waals surface area contributed by atoms with Gasteiger partial charge in [0, 0.05) is 5.75 Å². The van der Waals surface area contributed by atoms with Crippen molar-refractivity contribution in [2.75, 3.05) is 0 Å². The zero-order valence-electron chi connectivity index (χ0n) is 8.18. The van der Waals surface area contributed by atoms with E-state index < -0.39 is 0 Å². The number of hydrogen-bond donors (Lipinski definition) is 1. The maximum atomic E-state index is 9.41. The fourth-order valence-corrected chi connectivity index (χ4v) is 1.06. The predicted octanol–water partition coefficient (Wildman–Crippen LogP) is -0.506. The Morgan fingerprint density at radius 1 is 1.33 bits per heavy atom. The van der Waals surface area contributed by atoms with Crippen LogP contribution in [0, 0.1) is 6.07 Å². The van der Waals surface area contributed by atoms with Gasteiger partial charge in [0.05, 0.1) is 0 Å². The van der Waals surface area contributed by atoms with Crippen molar-refractivity contribution in [1.82, 2.24) is 0 Å². The van der Waals surface area contributed by atoms with Gasteiger partial charge in [0.2, 0.25) is 0 Å². The molecule has 0 aliphatic carbocycles. The van der Waals surface area contributed by atoms with Crippen LogP contribution in [0.4, 0.5) is 0 Å². The first kappa shape index (κ1) is 12.7. The first-order chi connectivity index (χ1) is 5.02. The van der Waals surface area contributed by atoms with Gasteiger partial charge in [-0.1, -0.05) is 20.8 Å². The molecule has 2 heteroatoms. The van der Waals surface area contributed by atoms with Crippen LogP contribution in [0.1, 0.15) is 26.3 Å². The third-order valence-corrected chi connectivity index (χ3v) is 1.65. The fourth-order valence-electron chi connectivity index (χ4n) is 1.06. The number of rotatable bonds is 0. The molecule has 0 radical (unpaired) electrons. The molecule has 0 fully saturated rings. The molecule has 0 aliphatic heterocycles.